The lowest BCUT2D eigenvalue weighted by Crippen LogP contribution is -2.60. The molecule has 1 aliphatic rings. The zero-order valence-corrected chi connectivity index (χ0v) is 36.8. The fourth-order valence-electron chi connectivity index (χ4n) is 8.34. The van der Waals surface area contributed by atoms with Gasteiger partial charge in [-0.3, -0.25) is 24.1 Å². The van der Waals surface area contributed by atoms with E-state index in [0.717, 1.165) is 23.4 Å². The van der Waals surface area contributed by atoms with E-state index in [-0.39, 0.29) is 65.9 Å². The molecular weight excluding hydrogens is 729 g/mol. The van der Waals surface area contributed by atoms with Crippen molar-refractivity contribution in [3.8, 4) is 0 Å². The number of benzene rings is 1. The van der Waals surface area contributed by atoms with Crippen molar-refractivity contribution in [2.45, 2.75) is 129 Å². The highest BCUT2D eigenvalue weighted by Gasteiger charge is 2.43. The quantitative estimate of drug-likeness (QED) is 0.158. The van der Waals surface area contributed by atoms with Crippen LogP contribution in [0.25, 0.3) is 0 Å². The third-order valence-electron chi connectivity index (χ3n) is 11.8. The first-order valence-electron chi connectivity index (χ1n) is 20.4. The Morgan fingerprint density at radius 2 is 1.59 bits per heavy atom. The number of methoxy groups -OCH3 is 2. The second-order valence-corrected chi connectivity index (χ2v) is 17.2. The van der Waals surface area contributed by atoms with E-state index in [9.17, 15) is 19.2 Å². The largest absolute Gasteiger partial charge is 0.379 e. The standard InChI is InChI=1S/C43H70N6O6S/c1-13-28(5)36(46-41(52)37(27(3)4)47(8)9)43(53)48(10)38(29(6)14-2)34(54-11)26-35(50)49-23-18-21-33(49)39(55-12)30(7)40(51)45-32(42-44-22-24-56-42)25-31-19-16-15-17-20-31/h15-17,19-20,22,24,27-30,32-34,36-39H,13-14,18,21,23,25-26H2,1-12H3,(H,45,51)(H,46,52)/t28-,29+,30-,32+,33+,34-,36+,37+,38+,39-/m1/s1. The van der Waals surface area contributed by atoms with Crippen LogP contribution in [-0.4, -0.2) is 122 Å². The summed E-state index contributed by atoms with van der Waals surface area (Å²) in [6.07, 6.45) is 4.19. The number of hydrogen-bond acceptors (Lipinski definition) is 9. The third-order valence-corrected chi connectivity index (χ3v) is 12.7. The molecule has 0 aliphatic carbocycles. The minimum absolute atomic E-state index is 0.00773. The maximum absolute atomic E-state index is 14.4. The van der Waals surface area contributed by atoms with Gasteiger partial charge in [0.2, 0.25) is 23.6 Å². The van der Waals surface area contributed by atoms with Gasteiger partial charge in [0.25, 0.3) is 0 Å². The maximum Gasteiger partial charge on any atom is 0.245 e. The van der Waals surface area contributed by atoms with E-state index in [1.54, 1.807) is 32.4 Å². The fourth-order valence-corrected chi connectivity index (χ4v) is 9.03. The number of carbonyl (C=O) groups is 4. The minimum atomic E-state index is -0.737. The minimum Gasteiger partial charge on any atom is -0.379 e. The first-order chi connectivity index (χ1) is 26.6. The maximum atomic E-state index is 14.4. The van der Waals surface area contributed by atoms with Gasteiger partial charge in [-0.15, -0.1) is 11.3 Å². The van der Waals surface area contributed by atoms with Gasteiger partial charge >= 0.3 is 0 Å². The second kappa shape index (κ2) is 22.5. The third kappa shape index (κ3) is 12.1. The summed E-state index contributed by atoms with van der Waals surface area (Å²) in [5.74, 6) is -1.27. The highest BCUT2D eigenvalue weighted by molar-refractivity contribution is 7.09. The smallest absolute Gasteiger partial charge is 0.245 e. The molecule has 1 fully saturated rings. The van der Waals surface area contributed by atoms with Gasteiger partial charge in [-0.2, -0.15) is 0 Å². The van der Waals surface area contributed by atoms with Crippen LogP contribution in [0.5, 0.6) is 0 Å². The average molecular weight is 799 g/mol. The van der Waals surface area contributed by atoms with Crippen molar-refractivity contribution in [2.24, 2.45) is 23.7 Å². The summed E-state index contributed by atoms with van der Waals surface area (Å²) in [6, 6.07) is 7.85. The average Bonchev–Trinajstić information content (AvgIpc) is 3.90. The fraction of sp³-hybridized carbons (Fsp3) is 0.698. The van der Waals surface area contributed by atoms with Crippen LogP contribution in [0, 0.1) is 23.7 Å². The predicted molar refractivity (Wildman–Crippen MR) is 223 cm³/mol. The van der Waals surface area contributed by atoms with Crippen LogP contribution in [0.1, 0.15) is 97.2 Å². The highest BCUT2D eigenvalue weighted by atomic mass is 32.1. The van der Waals surface area contributed by atoms with Crippen LogP contribution in [0.15, 0.2) is 41.9 Å². The molecule has 2 N–H and O–H groups in total. The van der Waals surface area contributed by atoms with Crippen molar-refractivity contribution in [3.05, 3.63) is 52.5 Å². The zero-order valence-electron chi connectivity index (χ0n) is 36.0. The molecule has 1 aromatic carbocycles. The van der Waals surface area contributed by atoms with E-state index in [1.165, 1.54) is 11.3 Å². The Bertz CT molecular complexity index is 1500. The van der Waals surface area contributed by atoms with Gasteiger partial charge in [-0.05, 0) is 56.7 Å². The number of nitrogens with zero attached hydrogens (tertiary/aromatic N) is 4. The first kappa shape index (κ1) is 47.0. The van der Waals surface area contributed by atoms with E-state index in [4.69, 9.17) is 9.47 Å². The number of likely N-dealkylation sites (N-methyl/N-ethyl adjacent to an activating group) is 2. The molecule has 12 nitrogen and oxygen atoms in total. The molecular formula is C43H70N6O6S. The number of amides is 4. The van der Waals surface area contributed by atoms with Crippen LogP contribution in [0.4, 0.5) is 0 Å². The molecule has 0 bridgehead atoms. The summed E-state index contributed by atoms with van der Waals surface area (Å²) in [6.45, 7) is 14.5. The molecule has 3 rings (SSSR count). The molecule has 0 radical (unpaired) electrons. The van der Waals surface area contributed by atoms with Crippen LogP contribution in [0.2, 0.25) is 0 Å². The number of thiazole rings is 1. The molecule has 2 aromatic rings. The molecule has 56 heavy (non-hydrogen) atoms. The van der Waals surface area contributed by atoms with Gasteiger partial charge in [0.05, 0.1) is 48.7 Å². The SMILES string of the molecule is CC[C@@H](C)[C@H](NC(=O)[C@H](C(C)C)N(C)C)C(=O)N(C)[C@@H]([C@@H](C)CC)[C@@H](CC(=O)N1CCC[C@H]1[C@H](OC)[C@@H](C)C(=O)N[C@@H](Cc1ccccc1)c1nccs1)OC. The van der Waals surface area contributed by atoms with Crippen LogP contribution in [-0.2, 0) is 35.1 Å². The van der Waals surface area contributed by atoms with Crippen molar-refractivity contribution in [1.82, 2.24) is 30.3 Å². The number of aromatic nitrogens is 1. The van der Waals surface area contributed by atoms with E-state index in [2.05, 4.69) is 29.5 Å². The second-order valence-electron chi connectivity index (χ2n) is 16.2. The number of ether oxygens (including phenoxy) is 2. The number of carbonyl (C=O) groups excluding carboxylic acids is 4. The molecule has 2 heterocycles. The number of nitrogens with one attached hydrogen (secondary N) is 2. The van der Waals surface area contributed by atoms with Gasteiger partial charge in [0.15, 0.2) is 0 Å². The van der Waals surface area contributed by atoms with E-state index < -0.39 is 30.2 Å². The summed E-state index contributed by atoms with van der Waals surface area (Å²) in [7, 11) is 8.70. The lowest BCUT2D eigenvalue weighted by Gasteiger charge is -2.41. The van der Waals surface area contributed by atoms with E-state index in [1.807, 2.05) is 94.2 Å². The molecule has 4 amide bonds. The van der Waals surface area contributed by atoms with Crippen molar-refractivity contribution in [1.29, 1.82) is 0 Å². The van der Waals surface area contributed by atoms with Gasteiger partial charge in [-0.1, -0.05) is 91.6 Å². The molecule has 13 heteroatoms. The number of hydrogen-bond donors (Lipinski definition) is 2. The van der Waals surface area contributed by atoms with Gasteiger partial charge in [0.1, 0.15) is 11.0 Å². The van der Waals surface area contributed by atoms with Crippen molar-refractivity contribution < 1.29 is 28.7 Å². The topological polar surface area (TPSA) is 133 Å². The van der Waals surface area contributed by atoms with Gasteiger partial charge in [-0.25, -0.2) is 4.98 Å². The molecule has 314 valence electrons. The highest BCUT2D eigenvalue weighted by Crippen LogP contribution is 2.31. The molecule has 0 spiro atoms. The molecule has 1 saturated heterocycles. The molecule has 0 unspecified atom stereocenters. The summed E-state index contributed by atoms with van der Waals surface area (Å²) in [5, 5.41) is 9.08. The van der Waals surface area contributed by atoms with Crippen molar-refractivity contribution in [3.63, 3.8) is 0 Å². The Balaban J connectivity index is 1.81. The number of likely N-dealkylation sites (tertiary alicyclic amines) is 1. The van der Waals surface area contributed by atoms with Crippen LogP contribution < -0.4 is 10.6 Å². The van der Waals surface area contributed by atoms with Crippen molar-refractivity contribution >= 4 is 35.0 Å². The first-order valence-corrected chi connectivity index (χ1v) is 21.3. The van der Waals surface area contributed by atoms with Gasteiger partial charge in [0, 0.05) is 39.4 Å². The summed E-state index contributed by atoms with van der Waals surface area (Å²) in [5.41, 5.74) is 1.09. The predicted octanol–water partition coefficient (Wildman–Crippen LogP) is 5.58. The van der Waals surface area contributed by atoms with Crippen LogP contribution in [0.3, 0.4) is 0 Å². The van der Waals surface area contributed by atoms with E-state index >= 15 is 0 Å². The van der Waals surface area contributed by atoms with Crippen LogP contribution >= 0.6 is 11.3 Å². The number of rotatable bonds is 22. The molecule has 1 aliphatic heterocycles. The summed E-state index contributed by atoms with van der Waals surface area (Å²) >= 11 is 1.51. The molecule has 0 saturated carbocycles. The monoisotopic (exact) mass is 799 g/mol. The zero-order chi connectivity index (χ0) is 41.7. The Morgan fingerprint density at radius 3 is 2.12 bits per heavy atom. The lowest BCUT2D eigenvalue weighted by molar-refractivity contribution is -0.148. The lowest BCUT2D eigenvalue weighted by atomic mass is 9.88. The Morgan fingerprint density at radius 1 is 0.929 bits per heavy atom. The summed E-state index contributed by atoms with van der Waals surface area (Å²) < 4.78 is 12.1. The van der Waals surface area contributed by atoms with E-state index in [0.29, 0.717) is 25.8 Å². The molecule has 1 aromatic heterocycles. The van der Waals surface area contributed by atoms with Crippen molar-refractivity contribution in [2.75, 3.05) is 41.9 Å². The molecule has 10 atom stereocenters. The Hall–Kier alpha value is -3.39. The Kier molecular flexibility index (Phi) is 18.9. The van der Waals surface area contributed by atoms with Gasteiger partial charge < -0.3 is 29.9 Å². The summed E-state index contributed by atoms with van der Waals surface area (Å²) in [4.78, 5) is 66.2. The normalized spacial score (nSPS) is 19.4. The Labute approximate surface area is 340 Å².